The van der Waals surface area contributed by atoms with Crippen LogP contribution in [-0.2, 0) is 4.79 Å². The number of hydrogen-bond acceptors (Lipinski definition) is 4. The highest BCUT2D eigenvalue weighted by atomic mass is 16.4. The predicted molar refractivity (Wildman–Crippen MR) is 58.4 cm³/mol. The monoisotopic (exact) mass is 246 g/mol. The predicted octanol–water partition coefficient (Wildman–Crippen LogP) is -1.16. The second kappa shape index (κ2) is 5.83. The summed E-state index contributed by atoms with van der Waals surface area (Å²) in [5.41, 5.74) is 0. The van der Waals surface area contributed by atoms with Crippen molar-refractivity contribution in [3.8, 4) is 0 Å². The highest BCUT2D eigenvalue weighted by Crippen LogP contribution is 2.16. The number of piperidine rings is 1. The first-order valence-corrected chi connectivity index (χ1v) is 5.53. The molecule has 98 valence electrons. The van der Waals surface area contributed by atoms with Gasteiger partial charge in [0, 0.05) is 13.1 Å². The number of hydrogen-bond donors (Lipinski definition) is 4. The van der Waals surface area contributed by atoms with E-state index in [-0.39, 0.29) is 12.5 Å². The molecule has 0 saturated carbocycles. The molecule has 0 aromatic heterocycles. The third-order valence-corrected chi connectivity index (χ3v) is 2.88. The molecular formula is C10H18N2O5. The molecule has 7 nitrogen and oxygen atoms in total. The Morgan fingerprint density at radius 3 is 2.71 bits per heavy atom. The van der Waals surface area contributed by atoms with Crippen molar-refractivity contribution in [1.82, 2.24) is 10.2 Å². The third kappa shape index (κ3) is 3.86. The van der Waals surface area contributed by atoms with Crippen molar-refractivity contribution in [2.45, 2.75) is 25.6 Å². The molecule has 1 heterocycles. The Kier molecular flexibility index (Phi) is 4.71. The summed E-state index contributed by atoms with van der Waals surface area (Å²) in [7, 11) is 0. The zero-order chi connectivity index (χ0) is 13.0. The number of carbonyl (C=O) groups excluding carboxylic acids is 1. The number of amides is 2. The van der Waals surface area contributed by atoms with Crippen molar-refractivity contribution >= 4 is 12.0 Å². The van der Waals surface area contributed by atoms with Crippen LogP contribution in [0.1, 0.15) is 13.3 Å². The van der Waals surface area contributed by atoms with Gasteiger partial charge in [-0.05, 0) is 12.3 Å². The molecule has 1 fully saturated rings. The summed E-state index contributed by atoms with van der Waals surface area (Å²) in [5, 5.41) is 29.3. The molecule has 17 heavy (non-hydrogen) atoms. The molecule has 0 radical (unpaired) electrons. The topological polar surface area (TPSA) is 110 Å². The minimum atomic E-state index is -1.59. The van der Waals surface area contributed by atoms with Gasteiger partial charge in [-0.2, -0.15) is 0 Å². The normalized spacial score (nSPS) is 26.4. The summed E-state index contributed by atoms with van der Waals surface area (Å²) < 4.78 is 0. The average Bonchev–Trinajstić information content (AvgIpc) is 2.28. The standard InChI is InChI=1S/C10H18N2O5/c1-6-5-12(3-2-7(6)13)10(17)11-4-8(14)9(15)16/h6-8,13-14H,2-5H2,1H3,(H,11,17)(H,15,16)/t6?,7?,8-/m0/s1. The van der Waals surface area contributed by atoms with Crippen LogP contribution in [0.15, 0.2) is 0 Å². The molecule has 1 saturated heterocycles. The van der Waals surface area contributed by atoms with Crippen molar-refractivity contribution in [2.75, 3.05) is 19.6 Å². The van der Waals surface area contributed by atoms with Gasteiger partial charge in [0.1, 0.15) is 0 Å². The molecule has 3 atom stereocenters. The average molecular weight is 246 g/mol. The fourth-order valence-electron chi connectivity index (χ4n) is 1.70. The molecule has 0 aromatic rings. The van der Waals surface area contributed by atoms with Gasteiger partial charge in [-0.15, -0.1) is 0 Å². The van der Waals surface area contributed by atoms with E-state index in [1.165, 1.54) is 4.90 Å². The summed E-state index contributed by atoms with van der Waals surface area (Å²) in [6.07, 6.45) is -1.48. The van der Waals surface area contributed by atoms with E-state index in [0.29, 0.717) is 19.5 Å². The largest absolute Gasteiger partial charge is 0.479 e. The van der Waals surface area contributed by atoms with Gasteiger partial charge in [0.05, 0.1) is 12.6 Å². The maximum atomic E-state index is 11.6. The van der Waals surface area contributed by atoms with Crippen molar-refractivity contribution in [2.24, 2.45) is 5.92 Å². The molecule has 7 heteroatoms. The van der Waals surface area contributed by atoms with Gasteiger partial charge in [0.2, 0.25) is 0 Å². The second-order valence-electron chi connectivity index (χ2n) is 4.32. The first-order valence-electron chi connectivity index (χ1n) is 5.53. The number of nitrogens with one attached hydrogen (secondary N) is 1. The molecule has 4 N–H and O–H groups in total. The van der Waals surface area contributed by atoms with E-state index in [1.54, 1.807) is 0 Å². The Hall–Kier alpha value is -1.34. The van der Waals surface area contributed by atoms with Crippen molar-refractivity contribution < 1.29 is 24.9 Å². The Morgan fingerprint density at radius 1 is 1.53 bits per heavy atom. The zero-order valence-electron chi connectivity index (χ0n) is 9.67. The number of aliphatic carboxylic acids is 1. The number of rotatable bonds is 3. The van der Waals surface area contributed by atoms with E-state index in [2.05, 4.69) is 5.32 Å². The van der Waals surface area contributed by atoms with Crippen LogP contribution in [0.25, 0.3) is 0 Å². The molecule has 2 unspecified atom stereocenters. The number of carboxylic acids is 1. The number of aliphatic hydroxyl groups is 2. The van der Waals surface area contributed by atoms with E-state index in [0.717, 1.165) is 0 Å². The fraction of sp³-hybridized carbons (Fsp3) is 0.800. The molecular weight excluding hydrogens is 228 g/mol. The Morgan fingerprint density at radius 2 is 2.18 bits per heavy atom. The summed E-state index contributed by atoms with van der Waals surface area (Å²) in [4.78, 5) is 23.4. The van der Waals surface area contributed by atoms with Gasteiger partial charge in [-0.25, -0.2) is 9.59 Å². The maximum Gasteiger partial charge on any atom is 0.334 e. The number of aliphatic hydroxyl groups excluding tert-OH is 2. The van der Waals surface area contributed by atoms with Gasteiger partial charge < -0.3 is 25.5 Å². The van der Waals surface area contributed by atoms with E-state index in [1.807, 2.05) is 6.92 Å². The maximum absolute atomic E-state index is 11.6. The Bertz CT molecular complexity index is 296. The SMILES string of the molecule is CC1CN(C(=O)NC[C@H](O)C(=O)O)CCC1O. The van der Waals surface area contributed by atoms with Crippen LogP contribution in [0.4, 0.5) is 4.79 Å². The summed E-state index contributed by atoms with van der Waals surface area (Å²) in [6, 6.07) is -0.413. The molecule has 0 spiro atoms. The lowest BCUT2D eigenvalue weighted by Gasteiger charge is -2.34. The van der Waals surface area contributed by atoms with E-state index < -0.39 is 24.2 Å². The van der Waals surface area contributed by atoms with Gasteiger partial charge in [-0.3, -0.25) is 0 Å². The van der Waals surface area contributed by atoms with Crippen molar-refractivity contribution in [3.05, 3.63) is 0 Å². The quantitative estimate of drug-likeness (QED) is 0.502. The minimum absolute atomic E-state index is 0.00102. The molecule has 1 rings (SSSR count). The van der Waals surface area contributed by atoms with Gasteiger partial charge in [-0.1, -0.05) is 6.92 Å². The smallest absolute Gasteiger partial charge is 0.334 e. The van der Waals surface area contributed by atoms with Gasteiger partial charge in [0.15, 0.2) is 6.10 Å². The van der Waals surface area contributed by atoms with Crippen LogP contribution in [0.5, 0.6) is 0 Å². The summed E-state index contributed by atoms with van der Waals surface area (Å²) in [5.74, 6) is -1.37. The number of nitrogens with zero attached hydrogens (tertiary/aromatic N) is 1. The lowest BCUT2D eigenvalue weighted by molar-refractivity contribution is -0.146. The molecule has 0 bridgehead atoms. The van der Waals surface area contributed by atoms with Crippen LogP contribution < -0.4 is 5.32 Å². The van der Waals surface area contributed by atoms with Crippen molar-refractivity contribution in [3.63, 3.8) is 0 Å². The number of likely N-dealkylation sites (tertiary alicyclic amines) is 1. The van der Waals surface area contributed by atoms with Crippen LogP contribution >= 0.6 is 0 Å². The van der Waals surface area contributed by atoms with Gasteiger partial charge >= 0.3 is 12.0 Å². The molecule has 1 aliphatic rings. The zero-order valence-corrected chi connectivity index (χ0v) is 9.67. The van der Waals surface area contributed by atoms with Gasteiger partial charge in [0.25, 0.3) is 0 Å². The molecule has 0 aliphatic carbocycles. The lowest BCUT2D eigenvalue weighted by Crippen LogP contribution is -2.50. The highest BCUT2D eigenvalue weighted by molar-refractivity contribution is 5.76. The first kappa shape index (κ1) is 13.7. The summed E-state index contributed by atoms with van der Waals surface area (Å²) in [6.45, 7) is 2.38. The van der Waals surface area contributed by atoms with Crippen molar-refractivity contribution in [1.29, 1.82) is 0 Å². The Labute approximate surface area is 99.0 Å². The van der Waals surface area contributed by atoms with E-state index in [4.69, 9.17) is 10.2 Å². The Balaban J connectivity index is 2.36. The van der Waals surface area contributed by atoms with Crippen LogP contribution in [0, 0.1) is 5.92 Å². The lowest BCUT2D eigenvalue weighted by atomic mass is 9.97. The number of urea groups is 1. The number of carbonyl (C=O) groups is 2. The molecule has 0 aromatic carbocycles. The van der Waals surface area contributed by atoms with Crippen LogP contribution in [-0.4, -0.2) is 64.1 Å². The number of carboxylic acid groups (broad SMARTS) is 1. The van der Waals surface area contributed by atoms with Crippen LogP contribution in [0.3, 0.4) is 0 Å². The second-order valence-corrected chi connectivity index (χ2v) is 4.32. The fourth-order valence-corrected chi connectivity index (χ4v) is 1.70. The van der Waals surface area contributed by atoms with Crippen LogP contribution in [0.2, 0.25) is 0 Å². The molecule has 1 aliphatic heterocycles. The summed E-state index contributed by atoms with van der Waals surface area (Å²) >= 11 is 0. The highest BCUT2D eigenvalue weighted by Gasteiger charge is 2.27. The third-order valence-electron chi connectivity index (χ3n) is 2.88. The minimum Gasteiger partial charge on any atom is -0.479 e. The molecule has 2 amide bonds. The van der Waals surface area contributed by atoms with E-state index >= 15 is 0 Å². The van der Waals surface area contributed by atoms with E-state index in [9.17, 15) is 14.7 Å². The first-order chi connectivity index (χ1) is 7.91.